The number of rotatable bonds is 4. The minimum atomic E-state index is -0.706. The van der Waals surface area contributed by atoms with Crippen molar-refractivity contribution >= 4 is 23.6 Å². The van der Waals surface area contributed by atoms with Crippen LogP contribution >= 0.6 is 11.8 Å². The van der Waals surface area contributed by atoms with Crippen molar-refractivity contribution in [2.24, 2.45) is 11.3 Å². The van der Waals surface area contributed by atoms with Crippen LogP contribution in [0.5, 0.6) is 0 Å². The van der Waals surface area contributed by atoms with E-state index in [1.54, 1.807) is 6.92 Å². The summed E-state index contributed by atoms with van der Waals surface area (Å²) in [6.07, 6.45) is 1.05. The van der Waals surface area contributed by atoms with Gasteiger partial charge in [-0.15, -0.1) is 0 Å². The lowest BCUT2D eigenvalue weighted by Gasteiger charge is -2.37. The highest BCUT2D eigenvalue weighted by molar-refractivity contribution is 8.00. The van der Waals surface area contributed by atoms with Gasteiger partial charge in [-0.05, 0) is 18.8 Å². The molecule has 0 aliphatic carbocycles. The van der Waals surface area contributed by atoms with Gasteiger partial charge in [0.25, 0.3) is 0 Å². The molecule has 0 radical (unpaired) electrons. The Balaban J connectivity index is 2.85. The monoisotopic (exact) mass is 301 g/mol. The third-order valence-electron chi connectivity index (χ3n) is 3.54. The first-order valence-corrected chi connectivity index (χ1v) is 8.43. The maximum absolute atomic E-state index is 12.7. The summed E-state index contributed by atoms with van der Waals surface area (Å²) in [5.74, 6) is -0.224. The number of carbonyl (C=O) groups excluding carboxylic acids is 2. The maximum Gasteiger partial charge on any atom is 0.319 e. The summed E-state index contributed by atoms with van der Waals surface area (Å²) in [6.45, 7) is 11.4. The van der Waals surface area contributed by atoms with E-state index >= 15 is 0 Å². The molecule has 0 aromatic rings. The molecule has 0 N–H and O–H groups in total. The number of nitrogens with zero attached hydrogens (tertiary/aromatic N) is 1. The highest BCUT2D eigenvalue weighted by atomic mass is 32.2. The van der Waals surface area contributed by atoms with Crippen molar-refractivity contribution in [1.29, 1.82) is 0 Å². The van der Waals surface area contributed by atoms with Crippen LogP contribution < -0.4 is 0 Å². The van der Waals surface area contributed by atoms with Crippen LogP contribution in [-0.2, 0) is 14.3 Å². The third kappa shape index (κ3) is 4.40. The summed E-state index contributed by atoms with van der Waals surface area (Å²) < 4.78 is 5.10. The molecule has 1 aliphatic rings. The van der Waals surface area contributed by atoms with Crippen LogP contribution in [0.15, 0.2) is 0 Å². The molecule has 1 rings (SSSR count). The van der Waals surface area contributed by atoms with E-state index < -0.39 is 17.3 Å². The number of esters is 1. The van der Waals surface area contributed by atoms with Crippen molar-refractivity contribution in [3.05, 3.63) is 0 Å². The van der Waals surface area contributed by atoms with E-state index in [2.05, 4.69) is 6.92 Å². The topological polar surface area (TPSA) is 46.6 Å². The maximum atomic E-state index is 12.7. The molecular formula is C15H27NO3S. The molecule has 0 spiro atoms. The average molecular weight is 301 g/mol. The van der Waals surface area contributed by atoms with E-state index in [0.29, 0.717) is 11.9 Å². The van der Waals surface area contributed by atoms with Crippen molar-refractivity contribution in [1.82, 2.24) is 4.90 Å². The van der Waals surface area contributed by atoms with Gasteiger partial charge < -0.3 is 9.64 Å². The van der Waals surface area contributed by atoms with Gasteiger partial charge in [-0.3, -0.25) is 9.59 Å². The average Bonchev–Trinajstić information content (AvgIpc) is 2.37. The largest absolute Gasteiger partial charge is 0.465 e. The second kappa shape index (κ2) is 7.34. The fourth-order valence-electron chi connectivity index (χ4n) is 2.40. The number of thioether (sulfide) groups is 1. The molecule has 116 valence electrons. The summed E-state index contributed by atoms with van der Waals surface area (Å²) in [6, 6.07) is 0. The second-order valence-corrected chi connectivity index (χ2v) is 7.64. The molecule has 2 atom stereocenters. The molecule has 0 bridgehead atoms. The van der Waals surface area contributed by atoms with E-state index in [-0.39, 0.29) is 5.91 Å². The summed E-state index contributed by atoms with van der Waals surface area (Å²) in [7, 11) is 0. The van der Waals surface area contributed by atoms with Crippen LogP contribution in [-0.4, -0.2) is 47.5 Å². The van der Waals surface area contributed by atoms with Gasteiger partial charge >= 0.3 is 5.97 Å². The van der Waals surface area contributed by atoms with Gasteiger partial charge in [-0.25, -0.2) is 0 Å². The Bertz CT molecular complexity index is 352. The van der Waals surface area contributed by atoms with Crippen LogP contribution in [0.4, 0.5) is 0 Å². The predicted molar refractivity (Wildman–Crippen MR) is 82.7 cm³/mol. The van der Waals surface area contributed by atoms with Crippen molar-refractivity contribution in [3.8, 4) is 0 Å². The lowest BCUT2D eigenvalue weighted by Crippen LogP contribution is -2.50. The zero-order valence-corrected chi connectivity index (χ0v) is 14.1. The van der Waals surface area contributed by atoms with Gasteiger partial charge in [0.2, 0.25) is 5.91 Å². The van der Waals surface area contributed by atoms with E-state index in [1.807, 2.05) is 37.4 Å². The van der Waals surface area contributed by atoms with Crippen molar-refractivity contribution in [2.45, 2.75) is 46.3 Å². The summed E-state index contributed by atoms with van der Waals surface area (Å²) in [4.78, 5) is 26.7. The number of hydrogen-bond acceptors (Lipinski definition) is 4. The van der Waals surface area contributed by atoms with Gasteiger partial charge in [0.05, 0.1) is 6.61 Å². The minimum absolute atomic E-state index is 0.0744. The van der Waals surface area contributed by atoms with Crippen LogP contribution in [0.1, 0.15) is 41.0 Å². The van der Waals surface area contributed by atoms with Crippen LogP contribution in [0, 0.1) is 11.3 Å². The molecule has 2 unspecified atom stereocenters. The second-order valence-electron chi connectivity index (χ2n) is 6.24. The lowest BCUT2D eigenvalue weighted by molar-refractivity contribution is -0.160. The molecule has 1 saturated heterocycles. The van der Waals surface area contributed by atoms with Crippen LogP contribution in [0.25, 0.3) is 0 Å². The standard InChI is InChI=1S/C15H27NO3S/c1-6-11-10-16(8-9-20-11)13(17)12(15(3,4)5)14(18)19-7-2/h11-12H,6-10H2,1-5H3. The molecule has 4 nitrogen and oxygen atoms in total. The molecule has 1 amide bonds. The lowest BCUT2D eigenvalue weighted by atomic mass is 9.79. The van der Waals surface area contributed by atoms with Crippen LogP contribution in [0.3, 0.4) is 0 Å². The zero-order valence-electron chi connectivity index (χ0n) is 13.3. The summed E-state index contributed by atoms with van der Waals surface area (Å²) >= 11 is 1.91. The first kappa shape index (κ1) is 17.3. The normalized spacial score (nSPS) is 21.4. The number of amides is 1. The minimum Gasteiger partial charge on any atom is -0.465 e. The third-order valence-corrected chi connectivity index (χ3v) is 4.91. The van der Waals surface area contributed by atoms with Gasteiger partial charge in [-0.2, -0.15) is 11.8 Å². The summed E-state index contributed by atoms with van der Waals surface area (Å²) in [5, 5.41) is 0.482. The van der Waals surface area contributed by atoms with E-state index in [9.17, 15) is 9.59 Å². The first-order valence-electron chi connectivity index (χ1n) is 7.38. The van der Waals surface area contributed by atoms with Gasteiger partial charge in [0.15, 0.2) is 0 Å². The highest BCUT2D eigenvalue weighted by Crippen LogP contribution is 2.31. The number of hydrogen-bond donors (Lipinski definition) is 0. The Morgan fingerprint density at radius 2 is 2.00 bits per heavy atom. The van der Waals surface area contributed by atoms with Crippen molar-refractivity contribution in [3.63, 3.8) is 0 Å². The van der Waals surface area contributed by atoms with Gasteiger partial charge in [0.1, 0.15) is 5.92 Å². The molecule has 1 aliphatic heterocycles. The molecular weight excluding hydrogens is 274 g/mol. The Hall–Kier alpha value is -0.710. The SMILES string of the molecule is CCOC(=O)C(C(=O)N1CCSC(CC)C1)C(C)(C)C. The Morgan fingerprint density at radius 3 is 2.50 bits per heavy atom. The van der Waals surface area contributed by atoms with Crippen molar-refractivity contribution in [2.75, 3.05) is 25.4 Å². The Kier molecular flexibility index (Phi) is 6.37. The highest BCUT2D eigenvalue weighted by Gasteiger charge is 2.42. The van der Waals surface area contributed by atoms with E-state index in [1.165, 1.54) is 0 Å². The Labute approximate surface area is 126 Å². The molecule has 1 fully saturated rings. The fourth-order valence-corrected chi connectivity index (χ4v) is 3.58. The smallest absolute Gasteiger partial charge is 0.319 e. The van der Waals surface area contributed by atoms with E-state index in [4.69, 9.17) is 4.74 Å². The molecule has 20 heavy (non-hydrogen) atoms. The van der Waals surface area contributed by atoms with Crippen LogP contribution in [0.2, 0.25) is 0 Å². The number of ether oxygens (including phenoxy) is 1. The van der Waals surface area contributed by atoms with Crippen molar-refractivity contribution < 1.29 is 14.3 Å². The van der Waals surface area contributed by atoms with E-state index in [0.717, 1.165) is 25.3 Å². The quantitative estimate of drug-likeness (QED) is 0.591. The van der Waals surface area contributed by atoms with Gasteiger partial charge in [0, 0.05) is 24.1 Å². The first-order chi connectivity index (χ1) is 9.31. The molecule has 1 heterocycles. The molecule has 0 aromatic heterocycles. The zero-order chi connectivity index (χ0) is 15.3. The van der Waals surface area contributed by atoms with Gasteiger partial charge in [-0.1, -0.05) is 27.7 Å². The fraction of sp³-hybridized carbons (Fsp3) is 0.867. The molecule has 0 saturated carbocycles. The molecule has 5 heteroatoms. The molecule has 0 aromatic carbocycles. The predicted octanol–water partition coefficient (Wildman–Crippen LogP) is 2.57. The number of carbonyl (C=O) groups is 2. The summed E-state index contributed by atoms with van der Waals surface area (Å²) in [5.41, 5.74) is -0.421. The Morgan fingerprint density at radius 1 is 1.35 bits per heavy atom.